The molecule has 1 saturated heterocycles. The van der Waals surface area contributed by atoms with Gasteiger partial charge in [-0.05, 0) is 12.1 Å². The molecule has 8 nitrogen and oxygen atoms in total. The molecule has 2 amide bonds. The van der Waals surface area contributed by atoms with E-state index in [1.54, 1.807) is 34.1 Å². The highest BCUT2D eigenvalue weighted by atomic mass is 16.5. The highest BCUT2D eigenvalue weighted by Crippen LogP contribution is 2.16. The highest BCUT2D eigenvalue weighted by Gasteiger charge is 2.24. The van der Waals surface area contributed by atoms with Crippen LogP contribution in [0.2, 0.25) is 0 Å². The second-order valence-electron chi connectivity index (χ2n) is 5.44. The third-order valence-corrected chi connectivity index (χ3v) is 3.94. The van der Waals surface area contributed by atoms with Crippen molar-refractivity contribution in [2.24, 2.45) is 0 Å². The van der Waals surface area contributed by atoms with Crippen molar-refractivity contribution in [3.8, 4) is 11.4 Å². The number of rotatable bonds is 4. The first-order valence-electron chi connectivity index (χ1n) is 7.62. The molecule has 2 heterocycles. The molecule has 0 bridgehead atoms. The average molecular weight is 330 g/mol. The first kappa shape index (κ1) is 16.1. The van der Waals surface area contributed by atoms with E-state index in [0.29, 0.717) is 37.6 Å². The largest absolute Gasteiger partial charge is 0.375 e. The zero-order valence-electron chi connectivity index (χ0n) is 13.3. The molecular weight excluding hydrogens is 312 g/mol. The standard InChI is InChI=1S/C16H18N4O4/c1-23-10-14(21)19-6-8-20(9-7-19)16(22)13-4-2-12(3-5-13)15-17-11-24-18-15/h2-5,11H,6-10H2,1H3. The Morgan fingerprint density at radius 2 is 1.79 bits per heavy atom. The van der Waals surface area contributed by atoms with E-state index in [4.69, 9.17) is 9.26 Å². The molecule has 1 aliphatic heterocycles. The van der Waals surface area contributed by atoms with Crippen molar-refractivity contribution >= 4 is 11.8 Å². The first-order valence-corrected chi connectivity index (χ1v) is 7.62. The van der Waals surface area contributed by atoms with Crippen molar-refractivity contribution < 1.29 is 18.8 Å². The van der Waals surface area contributed by atoms with Gasteiger partial charge in [-0.3, -0.25) is 9.59 Å². The maximum absolute atomic E-state index is 12.5. The second-order valence-corrected chi connectivity index (χ2v) is 5.44. The fourth-order valence-corrected chi connectivity index (χ4v) is 2.62. The molecule has 0 unspecified atom stereocenters. The zero-order valence-corrected chi connectivity index (χ0v) is 13.3. The van der Waals surface area contributed by atoms with Gasteiger partial charge < -0.3 is 19.1 Å². The van der Waals surface area contributed by atoms with E-state index < -0.39 is 0 Å². The highest BCUT2D eigenvalue weighted by molar-refractivity contribution is 5.94. The van der Waals surface area contributed by atoms with Gasteiger partial charge in [0.25, 0.3) is 5.91 Å². The number of benzene rings is 1. The molecule has 1 fully saturated rings. The number of aromatic nitrogens is 2. The number of hydrogen-bond acceptors (Lipinski definition) is 6. The van der Waals surface area contributed by atoms with Crippen molar-refractivity contribution in [1.82, 2.24) is 19.9 Å². The first-order chi connectivity index (χ1) is 11.7. The summed E-state index contributed by atoms with van der Waals surface area (Å²) in [6.07, 6.45) is 1.26. The van der Waals surface area contributed by atoms with Crippen LogP contribution in [0, 0.1) is 0 Å². The van der Waals surface area contributed by atoms with Gasteiger partial charge in [0.05, 0.1) is 0 Å². The second kappa shape index (κ2) is 7.22. The summed E-state index contributed by atoms with van der Waals surface area (Å²) in [4.78, 5) is 31.8. The van der Waals surface area contributed by atoms with Gasteiger partial charge in [-0.2, -0.15) is 4.98 Å². The van der Waals surface area contributed by atoms with Crippen molar-refractivity contribution in [3.05, 3.63) is 36.2 Å². The van der Waals surface area contributed by atoms with Gasteiger partial charge in [0.15, 0.2) is 0 Å². The van der Waals surface area contributed by atoms with E-state index in [-0.39, 0.29) is 18.4 Å². The minimum atomic E-state index is -0.0477. The van der Waals surface area contributed by atoms with Crippen LogP contribution < -0.4 is 0 Å². The number of nitrogens with zero attached hydrogens (tertiary/aromatic N) is 4. The van der Waals surface area contributed by atoms with Crippen molar-refractivity contribution in [2.75, 3.05) is 39.9 Å². The lowest BCUT2D eigenvalue weighted by Crippen LogP contribution is -2.51. The molecule has 1 aromatic carbocycles. The molecule has 3 rings (SSSR count). The Hall–Kier alpha value is -2.74. The summed E-state index contributed by atoms with van der Waals surface area (Å²) in [5.74, 6) is 0.391. The molecule has 1 aliphatic rings. The van der Waals surface area contributed by atoms with Crippen LogP contribution in [0.5, 0.6) is 0 Å². The molecule has 2 aromatic rings. The number of amides is 2. The van der Waals surface area contributed by atoms with E-state index >= 15 is 0 Å². The number of carbonyl (C=O) groups excluding carboxylic acids is 2. The molecule has 0 N–H and O–H groups in total. The lowest BCUT2D eigenvalue weighted by molar-refractivity contribution is -0.136. The fraction of sp³-hybridized carbons (Fsp3) is 0.375. The summed E-state index contributed by atoms with van der Waals surface area (Å²) in [6.45, 7) is 2.15. The molecule has 0 aliphatic carbocycles. The zero-order chi connectivity index (χ0) is 16.9. The van der Waals surface area contributed by atoms with Crippen LogP contribution in [0.3, 0.4) is 0 Å². The van der Waals surface area contributed by atoms with E-state index in [1.807, 2.05) is 0 Å². The summed E-state index contributed by atoms with van der Waals surface area (Å²) < 4.78 is 9.56. The normalized spacial score (nSPS) is 14.7. The fourth-order valence-electron chi connectivity index (χ4n) is 2.62. The molecule has 24 heavy (non-hydrogen) atoms. The van der Waals surface area contributed by atoms with E-state index in [9.17, 15) is 9.59 Å². The number of ether oxygens (including phenoxy) is 1. The van der Waals surface area contributed by atoms with Crippen LogP contribution in [0.4, 0.5) is 0 Å². The Labute approximate surface area is 139 Å². The molecule has 0 atom stereocenters. The van der Waals surface area contributed by atoms with Crippen molar-refractivity contribution in [1.29, 1.82) is 0 Å². The van der Waals surface area contributed by atoms with Crippen molar-refractivity contribution in [3.63, 3.8) is 0 Å². The van der Waals surface area contributed by atoms with Gasteiger partial charge in [0.1, 0.15) is 6.61 Å². The van der Waals surface area contributed by atoms with Gasteiger partial charge in [-0.25, -0.2) is 0 Å². The third kappa shape index (κ3) is 3.43. The predicted octanol–water partition coefficient (Wildman–Crippen LogP) is 0.667. The smallest absolute Gasteiger partial charge is 0.253 e. The molecule has 0 radical (unpaired) electrons. The lowest BCUT2D eigenvalue weighted by atomic mass is 10.1. The summed E-state index contributed by atoms with van der Waals surface area (Å²) in [6, 6.07) is 7.07. The summed E-state index contributed by atoms with van der Waals surface area (Å²) in [5.41, 5.74) is 1.38. The van der Waals surface area contributed by atoms with Crippen LogP contribution >= 0.6 is 0 Å². The molecule has 0 spiro atoms. The van der Waals surface area contributed by atoms with Gasteiger partial charge >= 0.3 is 0 Å². The number of methoxy groups -OCH3 is 1. The molecule has 8 heteroatoms. The number of piperazine rings is 1. The Morgan fingerprint density at radius 3 is 2.38 bits per heavy atom. The Bertz CT molecular complexity index is 691. The molecule has 0 saturated carbocycles. The topological polar surface area (TPSA) is 88.8 Å². The van der Waals surface area contributed by atoms with Crippen LogP contribution in [-0.4, -0.2) is 71.7 Å². The quantitative estimate of drug-likeness (QED) is 0.818. The minimum absolute atomic E-state index is 0.0472. The van der Waals surface area contributed by atoms with E-state index in [1.165, 1.54) is 13.5 Å². The van der Waals surface area contributed by atoms with E-state index in [0.717, 1.165) is 5.56 Å². The van der Waals surface area contributed by atoms with Crippen LogP contribution in [-0.2, 0) is 9.53 Å². The Kier molecular flexibility index (Phi) is 4.85. The van der Waals surface area contributed by atoms with Gasteiger partial charge in [0, 0.05) is 44.4 Å². The van der Waals surface area contributed by atoms with Crippen LogP contribution in [0.15, 0.2) is 35.2 Å². The number of carbonyl (C=O) groups is 2. The SMILES string of the molecule is COCC(=O)N1CCN(C(=O)c2ccc(-c3ncon3)cc2)CC1. The predicted molar refractivity (Wildman–Crippen MR) is 84.1 cm³/mol. The Morgan fingerprint density at radius 1 is 1.12 bits per heavy atom. The summed E-state index contributed by atoms with van der Waals surface area (Å²) >= 11 is 0. The van der Waals surface area contributed by atoms with E-state index in [2.05, 4.69) is 10.1 Å². The van der Waals surface area contributed by atoms with Gasteiger partial charge in [-0.1, -0.05) is 17.3 Å². The minimum Gasteiger partial charge on any atom is -0.375 e. The van der Waals surface area contributed by atoms with Gasteiger partial charge in [-0.15, -0.1) is 0 Å². The van der Waals surface area contributed by atoms with Crippen LogP contribution in [0.25, 0.3) is 11.4 Å². The van der Waals surface area contributed by atoms with Gasteiger partial charge in [0.2, 0.25) is 18.1 Å². The maximum atomic E-state index is 12.5. The van der Waals surface area contributed by atoms with Crippen LogP contribution in [0.1, 0.15) is 10.4 Å². The monoisotopic (exact) mass is 330 g/mol. The molecular formula is C16H18N4O4. The lowest BCUT2D eigenvalue weighted by Gasteiger charge is -2.34. The Balaban J connectivity index is 1.60. The number of hydrogen-bond donors (Lipinski definition) is 0. The maximum Gasteiger partial charge on any atom is 0.253 e. The molecule has 1 aromatic heterocycles. The summed E-state index contributed by atoms with van der Waals surface area (Å²) in [5, 5.41) is 3.76. The third-order valence-electron chi connectivity index (χ3n) is 3.94. The average Bonchev–Trinajstić information content (AvgIpc) is 3.16. The van der Waals surface area contributed by atoms with Crippen molar-refractivity contribution in [2.45, 2.75) is 0 Å². The molecule has 126 valence electrons. The summed E-state index contributed by atoms with van der Waals surface area (Å²) in [7, 11) is 1.50.